The molecule has 0 aliphatic carbocycles. The molecule has 0 fully saturated rings. The Morgan fingerprint density at radius 2 is 2.00 bits per heavy atom. The van der Waals surface area contributed by atoms with E-state index in [1.165, 1.54) is 0 Å². The fraction of sp³-hybridized carbons (Fsp3) is 0. The quantitative estimate of drug-likeness (QED) is 0.489. The molecule has 0 saturated heterocycles. The number of primary sulfonamides is 1. The average Bonchev–Trinajstić information content (AvgIpc) is 2.15. The number of rotatable bonds is 3. The second-order valence-corrected chi connectivity index (χ2v) is 4.68. The molecule has 0 aliphatic heterocycles. The van der Waals surface area contributed by atoms with E-state index in [1.807, 2.05) is 0 Å². The van der Waals surface area contributed by atoms with Gasteiger partial charge in [0.15, 0.2) is 0 Å². The number of nitro groups is 1. The fourth-order valence-corrected chi connectivity index (χ4v) is 2.17. The second-order valence-electron chi connectivity index (χ2n) is 2.77. The van der Waals surface area contributed by atoms with E-state index >= 15 is 0 Å². The average molecular weight is 265 g/mol. The van der Waals surface area contributed by atoms with Gasteiger partial charge in [0.1, 0.15) is 16.2 Å². The van der Waals surface area contributed by atoms with E-state index in [1.54, 1.807) is 0 Å². The summed E-state index contributed by atoms with van der Waals surface area (Å²) in [7, 11) is -4.22. The van der Waals surface area contributed by atoms with Crippen LogP contribution in [0.15, 0.2) is 17.0 Å². The molecule has 7 nitrogen and oxygen atoms in total. The molecule has 0 saturated carbocycles. The van der Waals surface area contributed by atoms with Gasteiger partial charge in [-0.1, -0.05) is 11.6 Å². The zero-order valence-electron chi connectivity index (χ0n) is 7.58. The van der Waals surface area contributed by atoms with Gasteiger partial charge >= 0.3 is 0 Å². The lowest BCUT2D eigenvalue weighted by atomic mass is 10.2. The topological polar surface area (TPSA) is 120 Å². The normalized spacial score (nSPS) is 11.1. The lowest BCUT2D eigenvalue weighted by Crippen LogP contribution is -2.13. The van der Waals surface area contributed by atoms with Crippen molar-refractivity contribution < 1.29 is 18.1 Å². The highest BCUT2D eigenvalue weighted by Gasteiger charge is 2.23. The van der Waals surface area contributed by atoms with Crippen molar-refractivity contribution in [1.29, 1.82) is 0 Å². The van der Waals surface area contributed by atoms with Gasteiger partial charge in [-0.25, -0.2) is 13.6 Å². The van der Waals surface area contributed by atoms with Crippen molar-refractivity contribution in [2.75, 3.05) is 0 Å². The first kappa shape index (κ1) is 12.6. The van der Waals surface area contributed by atoms with Crippen LogP contribution in [0.3, 0.4) is 0 Å². The van der Waals surface area contributed by atoms with Crippen LogP contribution in [0.5, 0.6) is 0 Å². The number of hydrogen-bond acceptors (Lipinski definition) is 5. The number of carbonyl (C=O) groups is 1. The highest BCUT2D eigenvalue weighted by molar-refractivity contribution is 7.89. The Balaban J connectivity index is 3.69. The zero-order valence-corrected chi connectivity index (χ0v) is 9.16. The van der Waals surface area contributed by atoms with Crippen molar-refractivity contribution in [3.8, 4) is 0 Å². The van der Waals surface area contributed by atoms with E-state index in [-0.39, 0.29) is 11.8 Å². The van der Waals surface area contributed by atoms with Gasteiger partial charge in [-0.3, -0.25) is 14.9 Å². The molecule has 0 amide bonds. The summed E-state index contributed by atoms with van der Waals surface area (Å²) in [5.41, 5.74) is -0.879. The van der Waals surface area contributed by atoms with E-state index in [9.17, 15) is 23.3 Å². The monoisotopic (exact) mass is 264 g/mol. The number of benzene rings is 1. The van der Waals surface area contributed by atoms with Gasteiger partial charge in [-0.05, 0) is 6.07 Å². The van der Waals surface area contributed by atoms with E-state index in [0.717, 1.165) is 12.1 Å². The number of carbonyl (C=O) groups excluding carboxylic acids is 1. The standard InChI is InChI=1S/C7H5ClN2O5S/c8-7-5(10(12)13)1-4(3-11)2-6(7)16(9,14)15/h1-3H,(H2,9,14,15). The minimum Gasteiger partial charge on any atom is -0.298 e. The Morgan fingerprint density at radius 1 is 1.44 bits per heavy atom. The largest absolute Gasteiger partial charge is 0.298 e. The molecular formula is C7H5ClN2O5S. The Hall–Kier alpha value is -1.51. The molecule has 1 aromatic carbocycles. The van der Waals surface area contributed by atoms with Crippen LogP contribution in [0.25, 0.3) is 0 Å². The molecule has 9 heteroatoms. The Bertz CT molecular complexity index is 568. The summed E-state index contributed by atoms with van der Waals surface area (Å²) >= 11 is 5.50. The van der Waals surface area contributed by atoms with Gasteiger partial charge in [0.2, 0.25) is 10.0 Å². The maximum Gasteiger partial charge on any atom is 0.289 e. The lowest BCUT2D eigenvalue weighted by molar-refractivity contribution is -0.384. The van der Waals surface area contributed by atoms with E-state index in [0.29, 0.717) is 0 Å². The fourth-order valence-electron chi connectivity index (χ4n) is 1.01. The molecule has 1 aromatic rings. The summed E-state index contributed by atoms with van der Waals surface area (Å²) in [5, 5.41) is 14.7. The second kappa shape index (κ2) is 4.16. The van der Waals surface area contributed by atoms with Crippen LogP contribution in [0.4, 0.5) is 5.69 Å². The number of halogens is 1. The molecule has 0 unspecified atom stereocenters. The van der Waals surface area contributed by atoms with Crippen LogP contribution in [-0.2, 0) is 10.0 Å². The molecule has 2 N–H and O–H groups in total. The number of nitrogens with zero attached hydrogens (tertiary/aromatic N) is 1. The zero-order chi connectivity index (χ0) is 12.5. The molecule has 0 spiro atoms. The Labute approximate surface area is 95.0 Å². The minimum atomic E-state index is -4.22. The molecule has 0 atom stereocenters. The molecule has 0 heterocycles. The third kappa shape index (κ3) is 2.35. The lowest BCUT2D eigenvalue weighted by Gasteiger charge is -2.03. The van der Waals surface area contributed by atoms with Gasteiger partial charge in [0.05, 0.1) is 4.92 Å². The summed E-state index contributed by atoms with van der Waals surface area (Å²) < 4.78 is 22.1. The first-order valence-corrected chi connectivity index (χ1v) is 5.65. The van der Waals surface area contributed by atoms with Crippen molar-refractivity contribution >= 4 is 33.6 Å². The minimum absolute atomic E-state index is 0.194. The van der Waals surface area contributed by atoms with Gasteiger partial charge in [0.25, 0.3) is 5.69 Å². The number of nitrogens with two attached hydrogens (primary N) is 1. The first-order chi connectivity index (χ1) is 7.27. The third-order valence-corrected chi connectivity index (χ3v) is 3.13. The Morgan fingerprint density at radius 3 is 2.38 bits per heavy atom. The number of nitro benzene ring substituents is 1. The summed E-state index contributed by atoms with van der Waals surface area (Å²) in [6, 6.07) is 1.74. The summed E-state index contributed by atoms with van der Waals surface area (Å²) in [6.07, 6.45) is 0.262. The van der Waals surface area contributed by atoms with E-state index in [2.05, 4.69) is 0 Å². The van der Waals surface area contributed by atoms with Crippen molar-refractivity contribution in [3.63, 3.8) is 0 Å². The molecule has 0 radical (unpaired) electrons. The Kier molecular flexibility index (Phi) is 3.27. The van der Waals surface area contributed by atoms with Crippen molar-refractivity contribution in [2.45, 2.75) is 4.90 Å². The van der Waals surface area contributed by atoms with Crippen LogP contribution >= 0.6 is 11.6 Å². The predicted octanol–water partition coefficient (Wildman–Crippen LogP) is 0.708. The van der Waals surface area contributed by atoms with Crippen molar-refractivity contribution in [2.24, 2.45) is 5.14 Å². The smallest absolute Gasteiger partial charge is 0.289 e. The summed E-state index contributed by atoms with van der Waals surface area (Å²) in [4.78, 5) is 19.5. The number of sulfonamides is 1. The number of aldehydes is 1. The summed E-state index contributed by atoms with van der Waals surface area (Å²) in [6.45, 7) is 0. The SMILES string of the molecule is NS(=O)(=O)c1cc(C=O)cc([N+](=O)[O-])c1Cl. The molecular weight excluding hydrogens is 260 g/mol. The molecule has 0 aliphatic rings. The van der Waals surface area contributed by atoms with Gasteiger partial charge in [-0.2, -0.15) is 0 Å². The van der Waals surface area contributed by atoms with E-state index in [4.69, 9.17) is 16.7 Å². The van der Waals surface area contributed by atoms with Gasteiger partial charge in [0, 0.05) is 11.6 Å². The maximum absolute atomic E-state index is 11.1. The molecule has 16 heavy (non-hydrogen) atoms. The van der Waals surface area contributed by atoms with Crippen LogP contribution in [0.1, 0.15) is 10.4 Å². The maximum atomic E-state index is 11.1. The van der Waals surface area contributed by atoms with Crippen LogP contribution < -0.4 is 5.14 Å². The molecule has 0 bridgehead atoms. The van der Waals surface area contributed by atoms with Gasteiger partial charge < -0.3 is 0 Å². The van der Waals surface area contributed by atoms with Crippen LogP contribution in [0.2, 0.25) is 5.02 Å². The summed E-state index contributed by atoms with van der Waals surface area (Å²) in [5.74, 6) is 0. The molecule has 1 rings (SSSR count). The first-order valence-electron chi connectivity index (χ1n) is 3.73. The molecule has 0 aromatic heterocycles. The van der Waals surface area contributed by atoms with Gasteiger partial charge in [-0.15, -0.1) is 0 Å². The predicted molar refractivity (Wildman–Crippen MR) is 54.9 cm³/mol. The van der Waals surface area contributed by atoms with E-state index < -0.39 is 30.6 Å². The van der Waals surface area contributed by atoms with Crippen molar-refractivity contribution in [1.82, 2.24) is 0 Å². The highest BCUT2D eigenvalue weighted by atomic mass is 35.5. The van der Waals surface area contributed by atoms with Crippen LogP contribution in [0, 0.1) is 10.1 Å². The van der Waals surface area contributed by atoms with Crippen LogP contribution in [-0.4, -0.2) is 19.6 Å². The number of hydrogen-bond donors (Lipinski definition) is 1. The third-order valence-electron chi connectivity index (χ3n) is 1.68. The highest BCUT2D eigenvalue weighted by Crippen LogP contribution is 2.31. The van der Waals surface area contributed by atoms with Crippen molar-refractivity contribution in [3.05, 3.63) is 32.8 Å². The molecule has 86 valence electrons.